The van der Waals surface area contributed by atoms with Crippen LogP contribution in [0.2, 0.25) is 0 Å². The molecule has 7 nitrogen and oxygen atoms in total. The normalized spacial score (nSPS) is 16.7. The minimum absolute atomic E-state index is 0.000320. The topological polar surface area (TPSA) is 99.1 Å². The summed E-state index contributed by atoms with van der Waals surface area (Å²) in [6, 6.07) is -1.48. The van der Waals surface area contributed by atoms with Gasteiger partial charge in [-0.05, 0) is 12.0 Å². The number of amides is 2. The van der Waals surface area contributed by atoms with Crippen LogP contribution in [-0.4, -0.2) is 66.6 Å². The number of hydrogen-bond donors (Lipinski definition) is 3. The van der Waals surface area contributed by atoms with Crippen LogP contribution < -0.4 is 5.32 Å². The first kappa shape index (κ1) is 15.5. The van der Waals surface area contributed by atoms with Gasteiger partial charge >= 0.3 is 12.0 Å². The molecule has 0 unspecified atom stereocenters. The van der Waals surface area contributed by atoms with E-state index in [1.807, 2.05) is 6.08 Å². The van der Waals surface area contributed by atoms with Gasteiger partial charge in [-0.25, -0.2) is 9.59 Å². The number of aliphatic hydroxyl groups is 1. The monoisotopic (exact) mass is 272 g/mol. The average molecular weight is 272 g/mol. The zero-order valence-corrected chi connectivity index (χ0v) is 11.0. The average Bonchev–Trinajstić information content (AvgIpc) is 2.39. The number of ether oxygens (including phenoxy) is 1. The van der Waals surface area contributed by atoms with Gasteiger partial charge in [-0.3, -0.25) is 0 Å². The van der Waals surface area contributed by atoms with Crippen LogP contribution in [0.15, 0.2) is 11.6 Å². The van der Waals surface area contributed by atoms with E-state index in [1.165, 1.54) is 4.90 Å². The molecule has 1 rings (SSSR count). The fraction of sp³-hybridized carbons (Fsp3) is 0.667. The summed E-state index contributed by atoms with van der Waals surface area (Å²) in [5, 5.41) is 20.0. The largest absolute Gasteiger partial charge is 0.480 e. The number of nitrogens with zero attached hydrogens (tertiary/aromatic N) is 1. The van der Waals surface area contributed by atoms with Crippen molar-refractivity contribution in [2.45, 2.75) is 18.9 Å². The van der Waals surface area contributed by atoms with Gasteiger partial charge in [-0.2, -0.15) is 0 Å². The van der Waals surface area contributed by atoms with Crippen molar-refractivity contribution in [1.82, 2.24) is 10.2 Å². The number of aliphatic hydroxyl groups excluding tert-OH is 1. The summed E-state index contributed by atoms with van der Waals surface area (Å²) in [6.45, 7) is 1.25. The molecule has 0 saturated heterocycles. The summed E-state index contributed by atoms with van der Waals surface area (Å²) >= 11 is 0. The Kier molecular flexibility index (Phi) is 6.31. The van der Waals surface area contributed by atoms with Crippen LogP contribution in [0, 0.1) is 0 Å². The van der Waals surface area contributed by atoms with Gasteiger partial charge in [-0.1, -0.05) is 6.08 Å². The molecular weight excluding hydrogens is 252 g/mol. The van der Waals surface area contributed by atoms with E-state index in [4.69, 9.17) is 14.9 Å². The summed E-state index contributed by atoms with van der Waals surface area (Å²) < 4.78 is 5.01. The van der Waals surface area contributed by atoms with Crippen LogP contribution in [-0.2, 0) is 9.53 Å². The molecule has 108 valence electrons. The third kappa shape index (κ3) is 4.88. The SMILES string of the molecule is COCC1=CCN(C(=O)N[C@H](CCO)C(=O)O)CC1. The molecule has 2 amide bonds. The molecule has 0 spiro atoms. The zero-order valence-electron chi connectivity index (χ0n) is 11.0. The Morgan fingerprint density at radius 3 is 2.79 bits per heavy atom. The van der Waals surface area contributed by atoms with Crippen molar-refractivity contribution in [2.24, 2.45) is 0 Å². The second-order valence-electron chi connectivity index (χ2n) is 4.34. The third-order valence-corrected chi connectivity index (χ3v) is 2.93. The van der Waals surface area contributed by atoms with Crippen molar-refractivity contribution in [1.29, 1.82) is 0 Å². The van der Waals surface area contributed by atoms with Gasteiger partial charge in [0, 0.05) is 33.2 Å². The van der Waals surface area contributed by atoms with E-state index in [1.54, 1.807) is 7.11 Å². The number of hydrogen-bond acceptors (Lipinski definition) is 4. The zero-order chi connectivity index (χ0) is 14.3. The smallest absolute Gasteiger partial charge is 0.326 e. The lowest BCUT2D eigenvalue weighted by molar-refractivity contribution is -0.139. The standard InChI is InChI=1S/C12H20N2O5/c1-19-8-9-2-5-14(6-3-9)12(18)13-10(4-7-15)11(16)17/h2,10,15H,3-8H2,1H3,(H,13,18)(H,16,17)/t10-/m1/s1. The molecule has 7 heteroatoms. The van der Waals surface area contributed by atoms with Gasteiger partial charge in [-0.15, -0.1) is 0 Å². The Balaban J connectivity index is 2.48. The highest BCUT2D eigenvalue weighted by atomic mass is 16.5. The quantitative estimate of drug-likeness (QED) is 0.582. The molecule has 1 heterocycles. The maximum Gasteiger partial charge on any atom is 0.326 e. The molecule has 1 atom stereocenters. The van der Waals surface area contributed by atoms with Gasteiger partial charge in [0.2, 0.25) is 0 Å². The van der Waals surface area contributed by atoms with Crippen molar-refractivity contribution < 1.29 is 24.5 Å². The van der Waals surface area contributed by atoms with Gasteiger partial charge in [0.15, 0.2) is 0 Å². The number of urea groups is 1. The number of methoxy groups -OCH3 is 1. The molecule has 0 saturated carbocycles. The fourth-order valence-corrected chi connectivity index (χ4v) is 1.84. The summed E-state index contributed by atoms with van der Waals surface area (Å²) in [6.07, 6.45) is 2.63. The molecule has 0 radical (unpaired) electrons. The maximum absolute atomic E-state index is 11.9. The van der Waals surface area contributed by atoms with Crippen LogP contribution >= 0.6 is 0 Å². The van der Waals surface area contributed by atoms with Gasteiger partial charge in [0.25, 0.3) is 0 Å². The van der Waals surface area contributed by atoms with E-state index in [9.17, 15) is 9.59 Å². The van der Waals surface area contributed by atoms with Crippen molar-refractivity contribution in [3.63, 3.8) is 0 Å². The first-order valence-corrected chi connectivity index (χ1v) is 6.14. The highest BCUT2D eigenvalue weighted by Gasteiger charge is 2.23. The van der Waals surface area contributed by atoms with E-state index in [2.05, 4.69) is 5.32 Å². The lowest BCUT2D eigenvalue weighted by Crippen LogP contribution is -2.49. The minimum Gasteiger partial charge on any atom is -0.480 e. The number of carboxylic acids is 1. The Morgan fingerprint density at radius 1 is 1.58 bits per heavy atom. The van der Waals surface area contributed by atoms with Crippen molar-refractivity contribution in [3.05, 3.63) is 11.6 Å². The van der Waals surface area contributed by atoms with Crippen molar-refractivity contribution in [2.75, 3.05) is 33.4 Å². The first-order valence-electron chi connectivity index (χ1n) is 6.14. The van der Waals surface area contributed by atoms with Crippen LogP contribution in [0.1, 0.15) is 12.8 Å². The lowest BCUT2D eigenvalue weighted by Gasteiger charge is -2.27. The summed E-state index contributed by atoms with van der Waals surface area (Å²) in [5.41, 5.74) is 1.14. The van der Waals surface area contributed by atoms with E-state index >= 15 is 0 Å². The summed E-state index contributed by atoms with van der Waals surface area (Å²) in [7, 11) is 1.62. The van der Waals surface area contributed by atoms with Gasteiger partial charge in [0.05, 0.1) is 6.61 Å². The molecule has 1 aliphatic heterocycles. The fourth-order valence-electron chi connectivity index (χ4n) is 1.84. The predicted octanol–water partition coefficient (Wildman–Crippen LogP) is -0.190. The Bertz CT molecular complexity index is 356. The molecule has 1 aliphatic rings. The summed E-state index contributed by atoms with van der Waals surface area (Å²) in [4.78, 5) is 24.3. The second kappa shape index (κ2) is 7.75. The molecule has 3 N–H and O–H groups in total. The maximum atomic E-state index is 11.9. The molecular formula is C12H20N2O5. The third-order valence-electron chi connectivity index (χ3n) is 2.93. The van der Waals surface area contributed by atoms with E-state index in [0.717, 1.165) is 12.0 Å². The number of carbonyl (C=O) groups is 2. The highest BCUT2D eigenvalue weighted by molar-refractivity contribution is 5.82. The minimum atomic E-state index is -1.14. The van der Waals surface area contributed by atoms with Crippen LogP contribution in [0.5, 0.6) is 0 Å². The van der Waals surface area contributed by atoms with E-state index in [-0.39, 0.29) is 13.0 Å². The Morgan fingerprint density at radius 2 is 2.32 bits per heavy atom. The molecule has 19 heavy (non-hydrogen) atoms. The van der Waals surface area contributed by atoms with Crippen LogP contribution in [0.4, 0.5) is 4.79 Å². The van der Waals surface area contributed by atoms with Crippen LogP contribution in [0.25, 0.3) is 0 Å². The Hall–Kier alpha value is -1.60. The van der Waals surface area contributed by atoms with Gasteiger partial charge < -0.3 is 25.2 Å². The van der Waals surface area contributed by atoms with Crippen LogP contribution in [0.3, 0.4) is 0 Å². The molecule has 0 aromatic heterocycles. The number of carboxylic acid groups (broad SMARTS) is 1. The number of nitrogens with one attached hydrogen (secondary N) is 1. The predicted molar refractivity (Wildman–Crippen MR) is 67.8 cm³/mol. The number of carbonyl (C=O) groups excluding carboxylic acids is 1. The number of aliphatic carboxylic acids is 1. The highest BCUT2D eigenvalue weighted by Crippen LogP contribution is 2.11. The van der Waals surface area contributed by atoms with E-state index < -0.39 is 18.0 Å². The molecule has 0 aromatic carbocycles. The molecule has 0 aliphatic carbocycles. The van der Waals surface area contributed by atoms with Crippen molar-refractivity contribution >= 4 is 12.0 Å². The molecule has 0 bridgehead atoms. The van der Waals surface area contributed by atoms with Gasteiger partial charge in [0.1, 0.15) is 6.04 Å². The lowest BCUT2D eigenvalue weighted by atomic mass is 10.1. The molecule has 0 fully saturated rings. The molecule has 0 aromatic rings. The second-order valence-corrected chi connectivity index (χ2v) is 4.34. The first-order chi connectivity index (χ1) is 9.08. The van der Waals surface area contributed by atoms with Crippen molar-refractivity contribution in [3.8, 4) is 0 Å². The Labute approximate surface area is 111 Å². The summed E-state index contributed by atoms with van der Waals surface area (Å²) in [5.74, 6) is -1.14. The number of rotatable bonds is 6. The van der Waals surface area contributed by atoms with E-state index in [0.29, 0.717) is 19.7 Å².